The molecule has 1 aromatic heterocycles. The van der Waals surface area contributed by atoms with Gasteiger partial charge in [0, 0.05) is 16.6 Å². The van der Waals surface area contributed by atoms with Crippen LogP contribution in [-0.2, 0) is 4.79 Å². The summed E-state index contributed by atoms with van der Waals surface area (Å²) in [5.74, 6) is 0.504. The second-order valence-electron chi connectivity index (χ2n) is 5.88. The first-order valence-corrected chi connectivity index (χ1v) is 9.18. The Labute approximate surface area is 157 Å². The molecular weight excluding hydrogens is 346 g/mol. The number of hydrogen-bond donors (Lipinski definition) is 2. The fourth-order valence-corrected chi connectivity index (χ4v) is 3.16. The van der Waals surface area contributed by atoms with Crippen LogP contribution in [0.4, 0.5) is 11.4 Å². The van der Waals surface area contributed by atoms with Crippen molar-refractivity contribution in [3.63, 3.8) is 0 Å². The number of nitrogens with one attached hydrogen (secondary N) is 2. The van der Waals surface area contributed by atoms with Crippen molar-refractivity contribution in [3.05, 3.63) is 58.9 Å². The average molecular weight is 367 g/mol. The highest BCUT2D eigenvalue weighted by molar-refractivity contribution is 7.09. The Morgan fingerprint density at radius 1 is 1.15 bits per heavy atom. The van der Waals surface area contributed by atoms with Crippen LogP contribution >= 0.6 is 11.3 Å². The van der Waals surface area contributed by atoms with E-state index in [9.17, 15) is 4.79 Å². The first-order valence-electron chi connectivity index (χ1n) is 8.30. The molecule has 0 unspecified atom stereocenters. The predicted molar refractivity (Wildman–Crippen MR) is 107 cm³/mol. The summed E-state index contributed by atoms with van der Waals surface area (Å²) in [5.41, 5.74) is 3.57. The lowest BCUT2D eigenvalue weighted by molar-refractivity contribution is -0.116. The largest absolute Gasteiger partial charge is 0.495 e. The number of anilines is 2. The lowest BCUT2D eigenvalue weighted by Crippen LogP contribution is -2.31. The van der Waals surface area contributed by atoms with Gasteiger partial charge in [0.15, 0.2) is 0 Å². The first kappa shape index (κ1) is 17.9. The van der Waals surface area contributed by atoms with Crippen molar-refractivity contribution in [1.29, 1.82) is 0 Å². The molecule has 5 nitrogen and oxygen atoms in total. The van der Waals surface area contributed by atoms with Crippen LogP contribution in [0.5, 0.6) is 5.75 Å². The van der Waals surface area contributed by atoms with Gasteiger partial charge in [0.05, 0.1) is 23.5 Å². The fraction of sp³-hybridized carbons (Fsp3) is 0.200. The van der Waals surface area contributed by atoms with Crippen molar-refractivity contribution in [3.8, 4) is 17.0 Å². The monoisotopic (exact) mass is 367 g/mol. The average Bonchev–Trinajstić information content (AvgIpc) is 3.09. The topological polar surface area (TPSA) is 63.2 Å². The van der Waals surface area contributed by atoms with Gasteiger partial charge in [0.1, 0.15) is 11.8 Å². The summed E-state index contributed by atoms with van der Waals surface area (Å²) in [7, 11) is 1.58. The van der Waals surface area contributed by atoms with Crippen molar-refractivity contribution in [2.24, 2.45) is 0 Å². The van der Waals surface area contributed by atoms with Gasteiger partial charge in [-0.05, 0) is 38.1 Å². The van der Waals surface area contributed by atoms with Gasteiger partial charge in [-0.2, -0.15) is 0 Å². The summed E-state index contributed by atoms with van der Waals surface area (Å²) in [6.07, 6.45) is 0. The molecule has 26 heavy (non-hydrogen) atoms. The lowest BCUT2D eigenvalue weighted by Gasteiger charge is -2.16. The summed E-state index contributed by atoms with van der Waals surface area (Å²) in [5, 5.41) is 9.19. The van der Waals surface area contributed by atoms with Gasteiger partial charge < -0.3 is 15.4 Å². The van der Waals surface area contributed by atoms with E-state index >= 15 is 0 Å². The molecule has 0 fully saturated rings. The number of hydrogen-bond acceptors (Lipinski definition) is 5. The highest BCUT2D eigenvalue weighted by Crippen LogP contribution is 2.25. The zero-order chi connectivity index (χ0) is 18.5. The number of aromatic nitrogens is 1. The van der Waals surface area contributed by atoms with E-state index in [-0.39, 0.29) is 5.91 Å². The molecule has 1 atom stereocenters. The zero-order valence-electron chi connectivity index (χ0n) is 14.9. The molecular formula is C20H21N3O2S. The second kappa shape index (κ2) is 8.01. The second-order valence-corrected chi connectivity index (χ2v) is 6.95. The van der Waals surface area contributed by atoms with Crippen molar-refractivity contribution in [1.82, 2.24) is 4.98 Å². The number of carbonyl (C=O) groups is 1. The minimum absolute atomic E-state index is 0.131. The van der Waals surface area contributed by atoms with E-state index in [1.807, 2.05) is 67.8 Å². The van der Waals surface area contributed by atoms with E-state index in [0.29, 0.717) is 11.4 Å². The number of para-hydroxylation sites is 2. The molecule has 2 N–H and O–H groups in total. The van der Waals surface area contributed by atoms with Gasteiger partial charge in [-0.15, -0.1) is 11.3 Å². The van der Waals surface area contributed by atoms with Crippen LogP contribution in [0, 0.1) is 6.92 Å². The summed E-state index contributed by atoms with van der Waals surface area (Å²) >= 11 is 1.63. The SMILES string of the molecule is COc1ccccc1NC(=O)[C@H](C)Nc1ccc(-c2csc(C)n2)cc1. The maximum Gasteiger partial charge on any atom is 0.246 e. The third-order valence-electron chi connectivity index (χ3n) is 3.94. The third kappa shape index (κ3) is 4.21. The van der Waals surface area contributed by atoms with Crippen molar-refractivity contribution in [2.45, 2.75) is 19.9 Å². The van der Waals surface area contributed by atoms with Crippen molar-refractivity contribution in [2.75, 3.05) is 17.7 Å². The maximum absolute atomic E-state index is 12.4. The van der Waals surface area contributed by atoms with E-state index in [1.165, 1.54) is 0 Å². The van der Waals surface area contributed by atoms with E-state index in [1.54, 1.807) is 18.4 Å². The summed E-state index contributed by atoms with van der Waals surface area (Å²) in [6.45, 7) is 3.81. The van der Waals surface area contributed by atoms with Crippen LogP contribution in [0.25, 0.3) is 11.3 Å². The minimum Gasteiger partial charge on any atom is -0.495 e. The molecule has 6 heteroatoms. The minimum atomic E-state index is -0.396. The highest BCUT2D eigenvalue weighted by Gasteiger charge is 2.14. The van der Waals surface area contributed by atoms with Gasteiger partial charge in [-0.1, -0.05) is 24.3 Å². The number of amides is 1. The molecule has 3 rings (SSSR count). The number of aryl methyl sites for hydroxylation is 1. The van der Waals surface area contributed by atoms with Gasteiger partial charge >= 0.3 is 0 Å². The highest BCUT2D eigenvalue weighted by atomic mass is 32.1. The molecule has 0 bridgehead atoms. The molecule has 0 radical (unpaired) electrons. The van der Waals surface area contributed by atoms with Gasteiger partial charge in [-0.3, -0.25) is 4.79 Å². The number of ether oxygens (including phenoxy) is 1. The molecule has 0 saturated carbocycles. The number of benzene rings is 2. The van der Waals surface area contributed by atoms with Gasteiger partial charge in [-0.25, -0.2) is 4.98 Å². The number of thiazole rings is 1. The Balaban J connectivity index is 1.63. The molecule has 0 spiro atoms. The molecule has 2 aromatic carbocycles. The standard InChI is InChI=1S/C20H21N3O2S/c1-13(20(24)23-17-6-4-5-7-19(17)25-3)21-16-10-8-15(9-11-16)18-12-26-14(2)22-18/h4-13,21H,1-3H3,(H,23,24)/t13-/m0/s1. The van der Waals surface area contributed by atoms with E-state index in [4.69, 9.17) is 4.74 Å². The van der Waals surface area contributed by atoms with Crippen LogP contribution in [0.15, 0.2) is 53.9 Å². The van der Waals surface area contributed by atoms with Crippen LogP contribution in [0.3, 0.4) is 0 Å². The van der Waals surface area contributed by atoms with Crippen molar-refractivity contribution >= 4 is 28.6 Å². The Bertz CT molecular complexity index is 890. The molecule has 1 amide bonds. The Morgan fingerprint density at radius 2 is 1.88 bits per heavy atom. The quantitative estimate of drug-likeness (QED) is 0.670. The number of methoxy groups -OCH3 is 1. The molecule has 0 saturated heterocycles. The number of rotatable bonds is 6. The Hall–Kier alpha value is -2.86. The smallest absolute Gasteiger partial charge is 0.246 e. The normalized spacial score (nSPS) is 11.7. The van der Waals surface area contributed by atoms with E-state index < -0.39 is 6.04 Å². The van der Waals surface area contributed by atoms with Crippen LogP contribution in [-0.4, -0.2) is 24.0 Å². The summed E-state index contributed by atoms with van der Waals surface area (Å²) in [4.78, 5) is 16.9. The molecule has 0 aliphatic rings. The molecule has 1 heterocycles. The van der Waals surface area contributed by atoms with Crippen LogP contribution in [0.1, 0.15) is 11.9 Å². The zero-order valence-corrected chi connectivity index (χ0v) is 15.8. The molecule has 3 aromatic rings. The van der Waals surface area contributed by atoms with Crippen LogP contribution < -0.4 is 15.4 Å². The van der Waals surface area contributed by atoms with Crippen molar-refractivity contribution < 1.29 is 9.53 Å². The van der Waals surface area contributed by atoms with Gasteiger partial charge in [0.2, 0.25) is 5.91 Å². The number of carbonyl (C=O) groups excluding carboxylic acids is 1. The molecule has 134 valence electrons. The van der Waals surface area contributed by atoms with E-state index in [0.717, 1.165) is 22.0 Å². The Kier molecular flexibility index (Phi) is 5.53. The van der Waals surface area contributed by atoms with E-state index in [2.05, 4.69) is 15.6 Å². The van der Waals surface area contributed by atoms with Crippen LogP contribution in [0.2, 0.25) is 0 Å². The fourth-order valence-electron chi connectivity index (χ4n) is 2.54. The molecule has 0 aliphatic carbocycles. The van der Waals surface area contributed by atoms with Gasteiger partial charge in [0.25, 0.3) is 0 Å². The maximum atomic E-state index is 12.4. The summed E-state index contributed by atoms with van der Waals surface area (Å²) < 4.78 is 5.26. The third-order valence-corrected chi connectivity index (χ3v) is 4.71. The number of nitrogens with zero attached hydrogens (tertiary/aromatic N) is 1. The molecule has 0 aliphatic heterocycles. The lowest BCUT2D eigenvalue weighted by atomic mass is 10.1. The first-order chi connectivity index (χ1) is 12.6. The Morgan fingerprint density at radius 3 is 2.54 bits per heavy atom. The predicted octanol–water partition coefficient (Wildman–Crippen LogP) is 4.57. The summed E-state index contributed by atoms with van der Waals surface area (Å²) in [6, 6.07) is 14.9.